The lowest BCUT2D eigenvalue weighted by atomic mass is 10.0. The summed E-state index contributed by atoms with van der Waals surface area (Å²) in [6, 6.07) is 18.8. The fraction of sp³-hybridized carbons (Fsp3) is 0.280. The molecule has 1 aliphatic rings. The van der Waals surface area contributed by atoms with Crippen LogP contribution in [0.5, 0.6) is 0 Å². The highest BCUT2D eigenvalue weighted by Gasteiger charge is 2.26. The number of carbonyl (C=O) groups is 1. The second-order valence-electron chi connectivity index (χ2n) is 8.15. The minimum atomic E-state index is -3.78. The standard InChI is InChI=1S/C25H25ClN2O3S/c26-22-11-13-24(14-12-22)32(30,31)28(18-23-3-1-2-16-27-23)17-20-6-9-21(10-7-20)25(29)15-8-19-4-5-19/h1-3,6-7,9-14,16,19H,4-5,8,15,17-18H2. The number of hydrogen-bond donors (Lipinski definition) is 0. The van der Waals surface area contributed by atoms with E-state index in [-0.39, 0.29) is 23.8 Å². The van der Waals surface area contributed by atoms with Gasteiger partial charge in [-0.15, -0.1) is 0 Å². The largest absolute Gasteiger partial charge is 0.294 e. The summed E-state index contributed by atoms with van der Waals surface area (Å²) in [5.41, 5.74) is 2.13. The fourth-order valence-electron chi connectivity index (χ4n) is 3.54. The summed E-state index contributed by atoms with van der Waals surface area (Å²) in [7, 11) is -3.78. The van der Waals surface area contributed by atoms with E-state index in [1.165, 1.54) is 29.3 Å². The maximum Gasteiger partial charge on any atom is 0.243 e. The summed E-state index contributed by atoms with van der Waals surface area (Å²) >= 11 is 5.94. The van der Waals surface area contributed by atoms with Crippen molar-refractivity contribution >= 4 is 27.4 Å². The van der Waals surface area contributed by atoms with Gasteiger partial charge in [0.2, 0.25) is 10.0 Å². The Hall–Kier alpha value is -2.54. The first-order chi connectivity index (χ1) is 15.4. The number of ketones is 1. The molecule has 0 unspecified atom stereocenters. The van der Waals surface area contributed by atoms with Crippen molar-refractivity contribution in [2.75, 3.05) is 0 Å². The van der Waals surface area contributed by atoms with Gasteiger partial charge < -0.3 is 0 Å². The van der Waals surface area contributed by atoms with E-state index in [0.717, 1.165) is 17.9 Å². The van der Waals surface area contributed by atoms with Gasteiger partial charge in [0.15, 0.2) is 5.78 Å². The number of hydrogen-bond acceptors (Lipinski definition) is 4. The number of benzene rings is 2. The normalized spacial score (nSPS) is 13.9. The van der Waals surface area contributed by atoms with E-state index in [0.29, 0.717) is 22.7 Å². The van der Waals surface area contributed by atoms with Crippen LogP contribution in [0.25, 0.3) is 0 Å². The zero-order valence-electron chi connectivity index (χ0n) is 17.7. The number of Topliss-reactive ketones (excluding diaryl/α,β-unsaturated/α-hetero) is 1. The molecule has 0 saturated heterocycles. The van der Waals surface area contributed by atoms with Crippen LogP contribution >= 0.6 is 11.6 Å². The Kier molecular flexibility index (Phi) is 7.04. The number of pyridine rings is 1. The highest BCUT2D eigenvalue weighted by Crippen LogP contribution is 2.34. The van der Waals surface area contributed by atoms with Crippen molar-refractivity contribution in [3.63, 3.8) is 0 Å². The Labute approximate surface area is 194 Å². The lowest BCUT2D eigenvalue weighted by Crippen LogP contribution is -2.30. The molecule has 0 atom stereocenters. The number of carbonyl (C=O) groups excluding carboxylic acids is 1. The molecule has 5 nitrogen and oxygen atoms in total. The van der Waals surface area contributed by atoms with E-state index in [9.17, 15) is 13.2 Å². The topological polar surface area (TPSA) is 67.3 Å². The zero-order chi connectivity index (χ0) is 22.6. The smallest absolute Gasteiger partial charge is 0.243 e. The van der Waals surface area contributed by atoms with Crippen LogP contribution < -0.4 is 0 Å². The van der Waals surface area contributed by atoms with Crippen LogP contribution in [0, 0.1) is 5.92 Å². The Bertz CT molecular complexity index is 1160. The summed E-state index contributed by atoms with van der Waals surface area (Å²) in [5, 5.41) is 0.474. The first kappa shape index (κ1) is 22.6. The third kappa shape index (κ3) is 5.82. The van der Waals surface area contributed by atoms with E-state index < -0.39 is 10.0 Å². The summed E-state index contributed by atoms with van der Waals surface area (Å²) in [6.45, 7) is 0.298. The van der Waals surface area contributed by atoms with Gasteiger partial charge >= 0.3 is 0 Å². The van der Waals surface area contributed by atoms with E-state index in [1.807, 2.05) is 18.2 Å². The third-order valence-electron chi connectivity index (χ3n) is 5.63. The van der Waals surface area contributed by atoms with Crippen LogP contribution in [0.15, 0.2) is 77.8 Å². The van der Waals surface area contributed by atoms with Crippen LogP contribution in [-0.4, -0.2) is 23.5 Å². The fourth-order valence-corrected chi connectivity index (χ4v) is 5.07. The van der Waals surface area contributed by atoms with Crippen LogP contribution in [0.2, 0.25) is 5.02 Å². The van der Waals surface area contributed by atoms with Crippen molar-refractivity contribution in [1.29, 1.82) is 0 Å². The zero-order valence-corrected chi connectivity index (χ0v) is 19.2. The van der Waals surface area contributed by atoms with E-state index in [4.69, 9.17) is 11.6 Å². The monoisotopic (exact) mass is 468 g/mol. The van der Waals surface area contributed by atoms with Gasteiger partial charge in [-0.3, -0.25) is 9.78 Å². The molecule has 2 aromatic carbocycles. The highest BCUT2D eigenvalue weighted by atomic mass is 35.5. The van der Waals surface area contributed by atoms with E-state index >= 15 is 0 Å². The third-order valence-corrected chi connectivity index (χ3v) is 7.69. The predicted octanol–water partition coefficient (Wildman–Crippen LogP) is 5.50. The van der Waals surface area contributed by atoms with Gasteiger partial charge in [-0.25, -0.2) is 8.42 Å². The van der Waals surface area contributed by atoms with Gasteiger partial charge in [-0.2, -0.15) is 4.31 Å². The molecular formula is C25H25ClN2O3S. The molecule has 166 valence electrons. The first-order valence-corrected chi connectivity index (χ1v) is 12.5. The Balaban J connectivity index is 1.54. The molecular weight excluding hydrogens is 444 g/mol. The van der Waals surface area contributed by atoms with Gasteiger partial charge in [-0.1, -0.05) is 54.8 Å². The second-order valence-corrected chi connectivity index (χ2v) is 10.5. The van der Waals surface area contributed by atoms with Gasteiger partial charge in [0.05, 0.1) is 17.1 Å². The van der Waals surface area contributed by atoms with Crippen molar-refractivity contribution in [3.05, 3.63) is 94.8 Å². The van der Waals surface area contributed by atoms with Gasteiger partial charge in [0, 0.05) is 29.7 Å². The van der Waals surface area contributed by atoms with Crippen molar-refractivity contribution in [2.24, 2.45) is 5.92 Å². The summed E-state index contributed by atoms with van der Waals surface area (Å²) in [4.78, 5) is 16.9. The van der Waals surface area contributed by atoms with Gasteiger partial charge in [0.1, 0.15) is 0 Å². The van der Waals surface area contributed by atoms with Crippen LogP contribution in [0.1, 0.15) is 47.3 Å². The van der Waals surface area contributed by atoms with E-state index in [1.54, 1.807) is 42.6 Å². The van der Waals surface area contributed by atoms with Crippen molar-refractivity contribution < 1.29 is 13.2 Å². The molecule has 0 amide bonds. The van der Waals surface area contributed by atoms with Crippen LogP contribution in [-0.2, 0) is 23.1 Å². The molecule has 32 heavy (non-hydrogen) atoms. The van der Waals surface area contributed by atoms with Crippen molar-refractivity contribution in [3.8, 4) is 0 Å². The molecule has 1 aromatic heterocycles. The molecule has 7 heteroatoms. The molecule has 0 N–H and O–H groups in total. The average Bonchev–Trinajstić information content (AvgIpc) is 3.63. The molecule has 0 spiro atoms. The Morgan fingerprint density at radius 1 is 0.969 bits per heavy atom. The lowest BCUT2D eigenvalue weighted by Gasteiger charge is -2.22. The minimum Gasteiger partial charge on any atom is -0.294 e. The summed E-state index contributed by atoms with van der Waals surface area (Å²) in [5.74, 6) is 0.860. The number of sulfonamides is 1. The molecule has 0 aliphatic heterocycles. The molecule has 1 saturated carbocycles. The molecule has 1 heterocycles. The second kappa shape index (κ2) is 9.94. The molecule has 1 aliphatic carbocycles. The van der Waals surface area contributed by atoms with Crippen LogP contribution in [0.3, 0.4) is 0 Å². The number of aromatic nitrogens is 1. The molecule has 0 radical (unpaired) electrons. The summed E-state index contributed by atoms with van der Waals surface area (Å²) in [6.07, 6.45) is 5.64. The van der Waals surface area contributed by atoms with Gasteiger partial charge in [0.25, 0.3) is 0 Å². The molecule has 3 aromatic rings. The maximum atomic E-state index is 13.4. The lowest BCUT2D eigenvalue weighted by molar-refractivity contribution is 0.0978. The number of rotatable bonds is 10. The maximum absolute atomic E-state index is 13.4. The SMILES string of the molecule is O=C(CCC1CC1)c1ccc(CN(Cc2ccccn2)S(=O)(=O)c2ccc(Cl)cc2)cc1. The first-order valence-electron chi connectivity index (χ1n) is 10.7. The van der Waals surface area contributed by atoms with Crippen LogP contribution in [0.4, 0.5) is 0 Å². The van der Waals surface area contributed by atoms with Crippen molar-refractivity contribution in [1.82, 2.24) is 9.29 Å². The molecule has 4 rings (SSSR count). The quantitative estimate of drug-likeness (QED) is 0.368. The summed E-state index contributed by atoms with van der Waals surface area (Å²) < 4.78 is 28.2. The molecule has 1 fully saturated rings. The number of halogens is 1. The van der Waals surface area contributed by atoms with Gasteiger partial charge in [-0.05, 0) is 54.3 Å². The van der Waals surface area contributed by atoms with E-state index in [2.05, 4.69) is 4.98 Å². The molecule has 0 bridgehead atoms. The minimum absolute atomic E-state index is 0.133. The predicted molar refractivity (Wildman–Crippen MR) is 125 cm³/mol. The Morgan fingerprint density at radius 2 is 1.69 bits per heavy atom. The highest BCUT2D eigenvalue weighted by molar-refractivity contribution is 7.89. The number of nitrogens with zero attached hydrogens (tertiary/aromatic N) is 2. The average molecular weight is 469 g/mol. The Morgan fingerprint density at radius 3 is 2.31 bits per heavy atom. The van der Waals surface area contributed by atoms with Crippen molar-refractivity contribution in [2.45, 2.75) is 43.7 Å².